The summed E-state index contributed by atoms with van der Waals surface area (Å²) < 4.78 is 43.5. The van der Waals surface area contributed by atoms with Gasteiger partial charge >= 0.3 is 0 Å². The molecular weight excluding hydrogens is 261 g/mol. The third-order valence-corrected chi connectivity index (χ3v) is 2.15. The Kier molecular flexibility index (Phi) is 3.42. The van der Waals surface area contributed by atoms with E-state index in [9.17, 15) is 13.2 Å². The van der Waals surface area contributed by atoms with E-state index in [0.29, 0.717) is 6.07 Å². The lowest BCUT2D eigenvalue weighted by atomic mass is 10.3. The average molecular weight is 269 g/mol. The average Bonchev–Trinajstić information content (AvgIpc) is 2.09. The molecule has 0 fully saturated rings. The van der Waals surface area contributed by atoms with Gasteiger partial charge in [0.1, 0.15) is 5.82 Å². The maximum atomic E-state index is 13.2. The van der Waals surface area contributed by atoms with E-state index in [0.717, 1.165) is 0 Å². The highest BCUT2D eigenvalue weighted by atomic mass is 79.9. The second-order valence-corrected chi connectivity index (χ2v) is 3.76. The zero-order chi connectivity index (χ0) is 10.9. The monoisotopic (exact) mass is 268 g/mol. The van der Waals surface area contributed by atoms with Crippen LogP contribution in [0.4, 0.5) is 13.2 Å². The van der Waals surface area contributed by atoms with E-state index in [-0.39, 0.29) is 6.10 Å². The smallest absolute Gasteiger partial charge is 0.192 e. The van der Waals surface area contributed by atoms with Gasteiger partial charge in [-0.1, -0.05) is 0 Å². The van der Waals surface area contributed by atoms with Crippen LogP contribution < -0.4 is 4.74 Å². The van der Waals surface area contributed by atoms with Crippen molar-refractivity contribution in [2.75, 3.05) is 0 Å². The number of halogens is 4. The van der Waals surface area contributed by atoms with Crippen LogP contribution in [0.3, 0.4) is 0 Å². The molecule has 0 atom stereocenters. The Morgan fingerprint density at radius 1 is 1.21 bits per heavy atom. The molecule has 1 rings (SSSR count). The molecule has 5 heteroatoms. The third kappa shape index (κ3) is 2.20. The number of hydrogen-bond acceptors (Lipinski definition) is 1. The van der Waals surface area contributed by atoms with Crippen LogP contribution in [0.1, 0.15) is 13.8 Å². The molecule has 0 spiro atoms. The summed E-state index contributed by atoms with van der Waals surface area (Å²) in [6.45, 7) is 3.24. The fraction of sp³-hybridized carbons (Fsp3) is 0.333. The fourth-order valence-electron chi connectivity index (χ4n) is 0.893. The fourth-order valence-corrected chi connectivity index (χ4v) is 1.19. The topological polar surface area (TPSA) is 9.23 Å². The minimum absolute atomic E-state index is 0.378. The van der Waals surface area contributed by atoms with Crippen molar-refractivity contribution in [3.05, 3.63) is 28.0 Å². The lowest BCUT2D eigenvalue weighted by Crippen LogP contribution is -2.09. The molecule has 0 amide bonds. The first kappa shape index (κ1) is 11.4. The maximum absolute atomic E-state index is 13.2. The molecule has 0 bridgehead atoms. The van der Waals surface area contributed by atoms with E-state index in [4.69, 9.17) is 4.74 Å². The zero-order valence-electron chi connectivity index (χ0n) is 7.57. The zero-order valence-corrected chi connectivity index (χ0v) is 9.16. The Hall–Kier alpha value is -0.710. The highest BCUT2D eigenvalue weighted by Crippen LogP contribution is 2.31. The molecule has 0 N–H and O–H groups in total. The van der Waals surface area contributed by atoms with Gasteiger partial charge < -0.3 is 4.74 Å². The quantitative estimate of drug-likeness (QED) is 0.588. The molecule has 0 aliphatic heterocycles. The lowest BCUT2D eigenvalue weighted by Gasteiger charge is -2.12. The highest BCUT2D eigenvalue weighted by molar-refractivity contribution is 9.10. The molecule has 0 saturated carbocycles. The van der Waals surface area contributed by atoms with Gasteiger partial charge in [-0.15, -0.1) is 0 Å². The van der Waals surface area contributed by atoms with E-state index >= 15 is 0 Å². The molecular formula is C9H8BrF3O. The van der Waals surface area contributed by atoms with E-state index in [1.165, 1.54) is 0 Å². The summed E-state index contributed by atoms with van der Waals surface area (Å²) in [4.78, 5) is 0. The van der Waals surface area contributed by atoms with Crippen molar-refractivity contribution in [1.29, 1.82) is 0 Å². The van der Waals surface area contributed by atoms with Gasteiger partial charge in [-0.25, -0.2) is 13.2 Å². The van der Waals surface area contributed by atoms with Gasteiger partial charge in [-0.2, -0.15) is 0 Å². The molecule has 78 valence electrons. The molecule has 1 aromatic rings. The van der Waals surface area contributed by atoms with Crippen LogP contribution in [0.15, 0.2) is 10.5 Å². The molecule has 0 heterocycles. The standard InChI is InChI=1S/C9H8BrF3O/c1-4(2)14-9-6(12)3-5(11)7(10)8(9)13/h3-4H,1-2H3. The molecule has 0 aliphatic carbocycles. The van der Waals surface area contributed by atoms with Crippen LogP contribution in [-0.4, -0.2) is 6.10 Å². The molecule has 0 radical (unpaired) electrons. The first-order chi connectivity index (χ1) is 6.43. The van der Waals surface area contributed by atoms with Gasteiger partial charge in [-0.05, 0) is 29.8 Å². The molecule has 0 aliphatic rings. The SMILES string of the molecule is CC(C)Oc1c(F)cc(F)c(Br)c1F. The Morgan fingerprint density at radius 3 is 2.29 bits per heavy atom. The summed E-state index contributed by atoms with van der Waals surface area (Å²) >= 11 is 2.66. The Balaban J connectivity index is 3.22. The summed E-state index contributed by atoms with van der Waals surface area (Å²) in [5.41, 5.74) is 0. The maximum Gasteiger partial charge on any atom is 0.192 e. The number of hydrogen-bond donors (Lipinski definition) is 0. The number of ether oxygens (including phenoxy) is 1. The summed E-state index contributed by atoms with van der Waals surface area (Å²) in [5.74, 6) is -3.66. The van der Waals surface area contributed by atoms with E-state index < -0.39 is 27.7 Å². The molecule has 14 heavy (non-hydrogen) atoms. The van der Waals surface area contributed by atoms with Crippen LogP contribution in [0.2, 0.25) is 0 Å². The summed E-state index contributed by atoms with van der Waals surface area (Å²) in [7, 11) is 0. The second-order valence-electron chi connectivity index (χ2n) is 2.96. The van der Waals surface area contributed by atoms with Crippen molar-refractivity contribution in [1.82, 2.24) is 0 Å². The largest absolute Gasteiger partial charge is 0.485 e. The highest BCUT2D eigenvalue weighted by Gasteiger charge is 2.19. The van der Waals surface area contributed by atoms with Crippen molar-refractivity contribution >= 4 is 15.9 Å². The predicted octanol–water partition coefficient (Wildman–Crippen LogP) is 3.65. The normalized spacial score (nSPS) is 10.8. The van der Waals surface area contributed by atoms with Crippen molar-refractivity contribution in [3.8, 4) is 5.75 Å². The van der Waals surface area contributed by atoms with Crippen molar-refractivity contribution < 1.29 is 17.9 Å². The molecule has 0 aromatic heterocycles. The van der Waals surface area contributed by atoms with Crippen LogP contribution >= 0.6 is 15.9 Å². The van der Waals surface area contributed by atoms with Crippen LogP contribution in [-0.2, 0) is 0 Å². The molecule has 0 unspecified atom stereocenters. The van der Waals surface area contributed by atoms with Gasteiger partial charge in [-0.3, -0.25) is 0 Å². The van der Waals surface area contributed by atoms with Gasteiger partial charge in [0, 0.05) is 6.07 Å². The van der Waals surface area contributed by atoms with Crippen molar-refractivity contribution in [2.24, 2.45) is 0 Å². The third-order valence-electron chi connectivity index (χ3n) is 1.43. The van der Waals surface area contributed by atoms with Gasteiger partial charge in [0.05, 0.1) is 10.6 Å². The molecule has 1 nitrogen and oxygen atoms in total. The number of rotatable bonds is 2. The minimum atomic E-state index is -1.06. The Bertz CT molecular complexity index is 352. The summed E-state index contributed by atoms with van der Waals surface area (Å²) in [6.07, 6.45) is -0.378. The van der Waals surface area contributed by atoms with E-state index in [1.807, 2.05) is 0 Å². The van der Waals surface area contributed by atoms with Crippen molar-refractivity contribution in [3.63, 3.8) is 0 Å². The van der Waals surface area contributed by atoms with Gasteiger partial charge in [0.15, 0.2) is 17.4 Å². The summed E-state index contributed by atoms with van der Waals surface area (Å²) in [6, 6.07) is 0.574. The van der Waals surface area contributed by atoms with Crippen LogP contribution in [0.5, 0.6) is 5.75 Å². The Labute approximate surface area is 88.0 Å². The predicted molar refractivity (Wildman–Crippen MR) is 49.8 cm³/mol. The molecule has 0 saturated heterocycles. The van der Waals surface area contributed by atoms with Gasteiger partial charge in [0.2, 0.25) is 0 Å². The van der Waals surface area contributed by atoms with E-state index in [1.54, 1.807) is 13.8 Å². The second kappa shape index (κ2) is 4.21. The lowest BCUT2D eigenvalue weighted by molar-refractivity contribution is 0.218. The first-order valence-corrected chi connectivity index (χ1v) is 4.72. The van der Waals surface area contributed by atoms with Crippen molar-refractivity contribution in [2.45, 2.75) is 20.0 Å². The molecule has 1 aromatic carbocycles. The van der Waals surface area contributed by atoms with Crippen LogP contribution in [0.25, 0.3) is 0 Å². The first-order valence-electron chi connectivity index (χ1n) is 3.93. The van der Waals surface area contributed by atoms with E-state index in [2.05, 4.69) is 15.9 Å². The van der Waals surface area contributed by atoms with Crippen LogP contribution in [0, 0.1) is 17.5 Å². The number of benzene rings is 1. The summed E-state index contributed by atoms with van der Waals surface area (Å²) in [5, 5.41) is 0. The van der Waals surface area contributed by atoms with Gasteiger partial charge in [0.25, 0.3) is 0 Å². The minimum Gasteiger partial charge on any atom is -0.485 e. The Morgan fingerprint density at radius 2 is 1.79 bits per heavy atom.